The van der Waals surface area contributed by atoms with Crippen molar-refractivity contribution in [3.05, 3.63) is 35.9 Å². The molecule has 100 valence electrons. The van der Waals surface area contributed by atoms with Gasteiger partial charge >= 0.3 is 0 Å². The first-order valence-corrected chi connectivity index (χ1v) is 6.76. The summed E-state index contributed by atoms with van der Waals surface area (Å²) in [4.78, 5) is 26.0. The van der Waals surface area contributed by atoms with Crippen LogP contribution in [0.4, 0.5) is 0 Å². The van der Waals surface area contributed by atoms with Crippen LogP contribution in [0.1, 0.15) is 30.9 Å². The average molecular weight is 259 g/mol. The largest absolute Gasteiger partial charge is 0.394 e. The Balaban J connectivity index is 1.92. The molecule has 1 aliphatic carbocycles. The number of carbonyl (C=O) groups is 2. The summed E-state index contributed by atoms with van der Waals surface area (Å²) in [5.74, 6) is -0.499. The molecule has 19 heavy (non-hydrogen) atoms. The zero-order valence-electron chi connectivity index (χ0n) is 10.7. The van der Waals surface area contributed by atoms with E-state index in [0.29, 0.717) is 0 Å². The lowest BCUT2D eigenvalue weighted by Gasteiger charge is -2.26. The van der Waals surface area contributed by atoms with Crippen LogP contribution in [0.5, 0.6) is 0 Å². The van der Waals surface area contributed by atoms with Crippen LogP contribution in [0.15, 0.2) is 30.3 Å². The van der Waals surface area contributed by atoms with E-state index in [-0.39, 0.29) is 30.3 Å². The number of benzene rings is 1. The van der Waals surface area contributed by atoms with Crippen molar-refractivity contribution < 1.29 is 14.7 Å². The van der Waals surface area contributed by atoms with Gasteiger partial charge in [-0.1, -0.05) is 36.8 Å². The first kappa shape index (κ1) is 12.4. The molecule has 2 aliphatic rings. The Hall–Kier alpha value is -1.68. The molecule has 4 heteroatoms. The zero-order chi connectivity index (χ0) is 13.4. The molecule has 1 saturated carbocycles. The highest BCUT2D eigenvalue weighted by molar-refractivity contribution is 6.05. The van der Waals surface area contributed by atoms with Crippen LogP contribution >= 0.6 is 0 Å². The van der Waals surface area contributed by atoms with Gasteiger partial charge in [0.05, 0.1) is 24.5 Å². The van der Waals surface area contributed by atoms with E-state index in [0.717, 1.165) is 24.8 Å². The van der Waals surface area contributed by atoms with Crippen molar-refractivity contribution in [2.75, 3.05) is 6.61 Å². The summed E-state index contributed by atoms with van der Waals surface area (Å²) in [7, 11) is 0. The van der Waals surface area contributed by atoms with Crippen molar-refractivity contribution >= 4 is 11.8 Å². The maximum Gasteiger partial charge on any atom is 0.233 e. The van der Waals surface area contributed by atoms with Crippen molar-refractivity contribution in [1.29, 1.82) is 0 Å². The van der Waals surface area contributed by atoms with Gasteiger partial charge in [-0.25, -0.2) is 0 Å². The molecular weight excluding hydrogens is 242 g/mol. The first-order valence-electron chi connectivity index (χ1n) is 6.76. The van der Waals surface area contributed by atoms with Crippen LogP contribution in [0, 0.1) is 11.8 Å². The Kier molecular flexibility index (Phi) is 3.11. The Bertz CT molecular complexity index is 477. The minimum atomic E-state index is -0.535. The summed E-state index contributed by atoms with van der Waals surface area (Å²) < 4.78 is 0. The van der Waals surface area contributed by atoms with E-state index in [1.807, 2.05) is 30.3 Å². The third-order valence-electron chi connectivity index (χ3n) is 4.29. The van der Waals surface area contributed by atoms with Crippen molar-refractivity contribution in [2.45, 2.75) is 25.3 Å². The lowest BCUT2D eigenvalue weighted by Crippen LogP contribution is -2.37. The van der Waals surface area contributed by atoms with Gasteiger partial charge in [0.1, 0.15) is 0 Å². The van der Waals surface area contributed by atoms with Crippen LogP contribution in [0.3, 0.4) is 0 Å². The van der Waals surface area contributed by atoms with E-state index in [1.165, 1.54) is 4.90 Å². The predicted octanol–water partition coefficient (Wildman–Crippen LogP) is 1.51. The maximum atomic E-state index is 12.4. The number of likely N-dealkylation sites (tertiary alicyclic amines) is 1. The van der Waals surface area contributed by atoms with Gasteiger partial charge in [0, 0.05) is 0 Å². The van der Waals surface area contributed by atoms with Gasteiger partial charge < -0.3 is 5.11 Å². The van der Waals surface area contributed by atoms with Gasteiger partial charge in [-0.2, -0.15) is 0 Å². The summed E-state index contributed by atoms with van der Waals surface area (Å²) in [6, 6.07) is 8.73. The predicted molar refractivity (Wildman–Crippen MR) is 69.0 cm³/mol. The molecule has 1 aromatic carbocycles. The number of amides is 2. The number of rotatable bonds is 3. The molecule has 3 atom stereocenters. The molecule has 1 heterocycles. The third kappa shape index (κ3) is 1.87. The molecule has 0 bridgehead atoms. The normalized spacial score (nSPS) is 27.7. The van der Waals surface area contributed by atoms with Crippen LogP contribution in [-0.2, 0) is 9.59 Å². The van der Waals surface area contributed by atoms with Gasteiger partial charge in [-0.15, -0.1) is 0 Å². The number of carbonyl (C=O) groups excluding carboxylic acids is 2. The smallest absolute Gasteiger partial charge is 0.233 e. The van der Waals surface area contributed by atoms with Crippen molar-refractivity contribution in [3.8, 4) is 0 Å². The molecule has 2 amide bonds. The Morgan fingerprint density at radius 3 is 2.21 bits per heavy atom. The highest BCUT2D eigenvalue weighted by Crippen LogP contribution is 2.42. The summed E-state index contributed by atoms with van der Waals surface area (Å²) in [6.45, 7) is -0.221. The zero-order valence-corrected chi connectivity index (χ0v) is 10.7. The van der Waals surface area contributed by atoms with Crippen LogP contribution < -0.4 is 0 Å². The molecule has 2 unspecified atom stereocenters. The fourth-order valence-electron chi connectivity index (χ4n) is 3.34. The van der Waals surface area contributed by atoms with Gasteiger partial charge in [0.25, 0.3) is 0 Å². The molecule has 4 nitrogen and oxygen atoms in total. The number of fused-ring (bicyclic) bond motifs is 1. The summed E-state index contributed by atoms with van der Waals surface area (Å²) in [5.41, 5.74) is 0.812. The fourth-order valence-corrected chi connectivity index (χ4v) is 3.34. The SMILES string of the molecule is O=C1C2CCCC2C(=O)N1[C@H](CO)c1ccccc1. The van der Waals surface area contributed by atoms with Gasteiger partial charge in [0.15, 0.2) is 0 Å². The molecule has 0 spiro atoms. The molecule has 1 aliphatic heterocycles. The highest BCUT2D eigenvalue weighted by Gasteiger charge is 2.51. The second kappa shape index (κ2) is 4.78. The van der Waals surface area contributed by atoms with Gasteiger partial charge in [0.2, 0.25) is 11.8 Å². The van der Waals surface area contributed by atoms with E-state index in [1.54, 1.807) is 0 Å². The Labute approximate surface area is 112 Å². The number of aliphatic hydroxyl groups is 1. The molecule has 1 aromatic rings. The number of hydrogen-bond donors (Lipinski definition) is 1. The van der Waals surface area contributed by atoms with E-state index in [4.69, 9.17) is 0 Å². The molecule has 0 radical (unpaired) electrons. The van der Waals surface area contributed by atoms with E-state index in [2.05, 4.69) is 0 Å². The van der Waals surface area contributed by atoms with E-state index in [9.17, 15) is 14.7 Å². The lowest BCUT2D eigenvalue weighted by atomic mass is 10.00. The van der Waals surface area contributed by atoms with Crippen LogP contribution in [0.2, 0.25) is 0 Å². The monoisotopic (exact) mass is 259 g/mol. The van der Waals surface area contributed by atoms with Crippen molar-refractivity contribution in [3.63, 3.8) is 0 Å². The fraction of sp³-hybridized carbons (Fsp3) is 0.467. The minimum Gasteiger partial charge on any atom is -0.394 e. The second-order valence-corrected chi connectivity index (χ2v) is 5.30. The molecule has 2 fully saturated rings. The van der Waals surface area contributed by atoms with Crippen LogP contribution in [-0.4, -0.2) is 28.4 Å². The Morgan fingerprint density at radius 2 is 1.68 bits per heavy atom. The first-order chi connectivity index (χ1) is 9.24. The third-order valence-corrected chi connectivity index (χ3v) is 4.29. The van der Waals surface area contributed by atoms with Crippen molar-refractivity contribution in [2.24, 2.45) is 11.8 Å². The van der Waals surface area contributed by atoms with Gasteiger partial charge in [-0.3, -0.25) is 14.5 Å². The van der Waals surface area contributed by atoms with E-state index >= 15 is 0 Å². The minimum absolute atomic E-state index is 0.101. The molecule has 3 rings (SSSR count). The number of aliphatic hydroxyl groups excluding tert-OH is 1. The standard InChI is InChI=1S/C15H17NO3/c17-9-13(10-5-2-1-3-6-10)16-14(18)11-7-4-8-12(11)15(16)19/h1-3,5-6,11-13,17H,4,7-9H2/t11?,12?,13-/m1/s1. The molecule has 1 saturated heterocycles. The molecule has 0 aromatic heterocycles. The number of imide groups is 1. The lowest BCUT2D eigenvalue weighted by molar-refractivity contribution is -0.144. The number of nitrogens with zero attached hydrogens (tertiary/aromatic N) is 1. The quantitative estimate of drug-likeness (QED) is 0.837. The molecule has 1 N–H and O–H groups in total. The summed E-state index contributed by atoms with van der Waals surface area (Å²) in [5, 5.41) is 9.59. The maximum absolute atomic E-state index is 12.4. The Morgan fingerprint density at radius 1 is 1.11 bits per heavy atom. The summed E-state index contributed by atoms with van der Waals surface area (Å²) >= 11 is 0. The highest BCUT2D eigenvalue weighted by atomic mass is 16.3. The van der Waals surface area contributed by atoms with Crippen LogP contribution in [0.25, 0.3) is 0 Å². The van der Waals surface area contributed by atoms with E-state index < -0.39 is 6.04 Å². The van der Waals surface area contributed by atoms with Gasteiger partial charge in [-0.05, 0) is 18.4 Å². The summed E-state index contributed by atoms with van der Waals surface area (Å²) in [6.07, 6.45) is 2.56. The average Bonchev–Trinajstić information content (AvgIpc) is 3.00. The number of hydrogen-bond acceptors (Lipinski definition) is 3. The molecular formula is C15H17NO3. The topological polar surface area (TPSA) is 57.6 Å². The second-order valence-electron chi connectivity index (χ2n) is 5.30. The van der Waals surface area contributed by atoms with Crippen molar-refractivity contribution in [1.82, 2.24) is 4.90 Å².